The fourth-order valence-electron chi connectivity index (χ4n) is 3.47. The number of fused-ring (bicyclic) bond motifs is 1. The van der Waals surface area contributed by atoms with Gasteiger partial charge in [-0.25, -0.2) is 4.79 Å². The van der Waals surface area contributed by atoms with Crippen LogP contribution >= 0.6 is 0 Å². The first-order valence-corrected chi connectivity index (χ1v) is 9.88. The van der Waals surface area contributed by atoms with Crippen molar-refractivity contribution in [3.8, 4) is 0 Å². The number of carbonyl (C=O) groups excluding carboxylic acids is 2. The molecule has 2 heterocycles. The second-order valence-corrected chi connectivity index (χ2v) is 7.09. The van der Waals surface area contributed by atoms with Crippen molar-refractivity contribution in [2.75, 3.05) is 5.32 Å². The van der Waals surface area contributed by atoms with Gasteiger partial charge in [0.25, 0.3) is 5.91 Å². The standard InChI is InChI=1S/C23H22N4O4/c1-26-19-10-4-5-11-20(19)27(23(26)30)13-12-21(28)25-18-9-3-2-8-17(18)22(29)24-15-16-7-6-14-31-16/h2-11,14H,12-13,15H2,1H3,(H,24,29)(H,25,28). The number of para-hydroxylation sites is 3. The van der Waals surface area contributed by atoms with Crippen molar-refractivity contribution >= 4 is 28.5 Å². The quantitative estimate of drug-likeness (QED) is 0.482. The summed E-state index contributed by atoms with van der Waals surface area (Å²) in [6.07, 6.45) is 1.63. The zero-order chi connectivity index (χ0) is 21.8. The molecule has 8 heteroatoms. The fourth-order valence-corrected chi connectivity index (χ4v) is 3.47. The minimum Gasteiger partial charge on any atom is -0.467 e. The van der Waals surface area contributed by atoms with Gasteiger partial charge in [-0.2, -0.15) is 0 Å². The third kappa shape index (κ3) is 4.28. The molecule has 0 aliphatic heterocycles. The molecule has 158 valence electrons. The SMILES string of the molecule is Cn1c(=O)n(CCC(=O)Nc2ccccc2C(=O)NCc2ccco2)c2ccccc21. The van der Waals surface area contributed by atoms with Gasteiger partial charge in [-0.3, -0.25) is 18.7 Å². The number of carbonyl (C=O) groups is 2. The molecule has 0 aliphatic carbocycles. The summed E-state index contributed by atoms with van der Waals surface area (Å²) < 4.78 is 8.36. The van der Waals surface area contributed by atoms with Crippen molar-refractivity contribution in [1.82, 2.24) is 14.5 Å². The number of nitrogens with zero attached hydrogens (tertiary/aromatic N) is 2. The van der Waals surface area contributed by atoms with Gasteiger partial charge < -0.3 is 15.1 Å². The number of furan rings is 1. The van der Waals surface area contributed by atoms with E-state index in [4.69, 9.17) is 4.42 Å². The van der Waals surface area contributed by atoms with Gasteiger partial charge in [-0.15, -0.1) is 0 Å². The van der Waals surface area contributed by atoms with Crippen molar-refractivity contribution in [2.24, 2.45) is 7.05 Å². The highest BCUT2D eigenvalue weighted by Crippen LogP contribution is 2.16. The van der Waals surface area contributed by atoms with Crippen LogP contribution in [0.1, 0.15) is 22.5 Å². The van der Waals surface area contributed by atoms with E-state index in [1.165, 1.54) is 6.26 Å². The Bertz CT molecular complexity index is 1280. The van der Waals surface area contributed by atoms with E-state index < -0.39 is 0 Å². The van der Waals surface area contributed by atoms with E-state index in [9.17, 15) is 14.4 Å². The molecule has 31 heavy (non-hydrogen) atoms. The molecular formula is C23H22N4O4. The minimum absolute atomic E-state index is 0.0935. The maximum Gasteiger partial charge on any atom is 0.328 e. The minimum atomic E-state index is -0.322. The van der Waals surface area contributed by atoms with E-state index in [0.29, 0.717) is 17.0 Å². The number of hydrogen-bond donors (Lipinski definition) is 2. The average Bonchev–Trinajstić information content (AvgIpc) is 3.39. The van der Waals surface area contributed by atoms with Crippen molar-refractivity contribution in [3.05, 3.63) is 88.7 Å². The van der Waals surface area contributed by atoms with Crippen LogP contribution in [-0.4, -0.2) is 20.9 Å². The van der Waals surface area contributed by atoms with Gasteiger partial charge in [0.05, 0.1) is 35.1 Å². The lowest BCUT2D eigenvalue weighted by atomic mass is 10.1. The van der Waals surface area contributed by atoms with E-state index in [-0.39, 0.29) is 37.0 Å². The fraction of sp³-hybridized carbons (Fsp3) is 0.174. The number of benzene rings is 2. The second-order valence-electron chi connectivity index (χ2n) is 7.09. The smallest absolute Gasteiger partial charge is 0.328 e. The van der Waals surface area contributed by atoms with Gasteiger partial charge in [-0.1, -0.05) is 24.3 Å². The number of nitrogens with one attached hydrogen (secondary N) is 2. The number of imidazole rings is 1. The van der Waals surface area contributed by atoms with E-state index in [1.807, 2.05) is 24.3 Å². The van der Waals surface area contributed by atoms with Crippen molar-refractivity contribution < 1.29 is 14.0 Å². The molecule has 2 aromatic carbocycles. The highest BCUT2D eigenvalue weighted by atomic mass is 16.3. The first kappa shape index (κ1) is 20.2. The summed E-state index contributed by atoms with van der Waals surface area (Å²) in [6, 6.07) is 17.7. The second kappa shape index (κ2) is 8.74. The molecule has 0 atom stereocenters. The number of rotatable bonds is 7. The third-order valence-corrected chi connectivity index (χ3v) is 5.06. The Balaban J connectivity index is 1.43. The highest BCUT2D eigenvalue weighted by molar-refractivity contribution is 6.03. The van der Waals surface area contributed by atoms with Crippen LogP contribution in [0.25, 0.3) is 11.0 Å². The Morgan fingerprint density at radius 1 is 0.968 bits per heavy atom. The van der Waals surface area contributed by atoms with Crippen molar-refractivity contribution in [3.63, 3.8) is 0 Å². The van der Waals surface area contributed by atoms with Crippen LogP contribution in [0, 0.1) is 0 Å². The first-order valence-electron chi connectivity index (χ1n) is 9.88. The summed E-state index contributed by atoms with van der Waals surface area (Å²) >= 11 is 0. The van der Waals surface area contributed by atoms with Crippen LogP contribution in [0.15, 0.2) is 76.1 Å². The van der Waals surface area contributed by atoms with Gasteiger partial charge in [0.1, 0.15) is 5.76 Å². The number of anilines is 1. The zero-order valence-electron chi connectivity index (χ0n) is 17.0. The van der Waals surface area contributed by atoms with E-state index in [0.717, 1.165) is 11.0 Å². The Morgan fingerprint density at radius 2 is 1.71 bits per heavy atom. The molecule has 0 saturated carbocycles. The number of aryl methyl sites for hydroxylation is 2. The van der Waals surface area contributed by atoms with Crippen LogP contribution in [0.3, 0.4) is 0 Å². The van der Waals surface area contributed by atoms with Gasteiger partial charge >= 0.3 is 5.69 Å². The molecular weight excluding hydrogens is 396 g/mol. The number of amides is 2. The molecule has 0 fully saturated rings. The number of aromatic nitrogens is 2. The molecule has 0 aliphatic rings. The average molecular weight is 418 g/mol. The van der Waals surface area contributed by atoms with E-state index >= 15 is 0 Å². The third-order valence-electron chi connectivity index (χ3n) is 5.06. The maximum atomic E-state index is 12.6. The molecule has 4 rings (SSSR count). The summed E-state index contributed by atoms with van der Waals surface area (Å²) in [4.78, 5) is 37.6. The Labute approximate surface area is 178 Å². The first-order chi connectivity index (χ1) is 15.0. The summed E-state index contributed by atoms with van der Waals surface area (Å²) in [5, 5.41) is 5.55. The van der Waals surface area contributed by atoms with Gasteiger partial charge in [0.2, 0.25) is 5.91 Å². The monoisotopic (exact) mass is 418 g/mol. The molecule has 2 amide bonds. The van der Waals surface area contributed by atoms with Crippen LogP contribution in [0.5, 0.6) is 0 Å². The molecule has 4 aromatic rings. The molecule has 0 unspecified atom stereocenters. The normalized spacial score (nSPS) is 10.9. The van der Waals surface area contributed by atoms with Crippen molar-refractivity contribution in [2.45, 2.75) is 19.5 Å². The molecule has 0 radical (unpaired) electrons. The molecule has 0 bridgehead atoms. The van der Waals surface area contributed by atoms with Crippen molar-refractivity contribution in [1.29, 1.82) is 0 Å². The zero-order valence-corrected chi connectivity index (χ0v) is 17.0. The van der Waals surface area contributed by atoms with E-state index in [1.54, 1.807) is 52.6 Å². The highest BCUT2D eigenvalue weighted by Gasteiger charge is 2.15. The van der Waals surface area contributed by atoms with E-state index in [2.05, 4.69) is 10.6 Å². The predicted molar refractivity (Wildman–Crippen MR) is 117 cm³/mol. The largest absolute Gasteiger partial charge is 0.467 e. The maximum absolute atomic E-state index is 12.6. The number of hydrogen-bond acceptors (Lipinski definition) is 4. The Hall–Kier alpha value is -4.07. The molecule has 2 N–H and O–H groups in total. The lowest BCUT2D eigenvalue weighted by Gasteiger charge is -2.11. The summed E-state index contributed by atoms with van der Waals surface area (Å²) in [6.45, 7) is 0.483. The summed E-state index contributed by atoms with van der Waals surface area (Å²) in [5.74, 6) is 0.0269. The predicted octanol–water partition coefficient (Wildman–Crippen LogP) is 2.89. The lowest BCUT2D eigenvalue weighted by Crippen LogP contribution is -2.26. The Morgan fingerprint density at radius 3 is 2.48 bits per heavy atom. The molecule has 0 saturated heterocycles. The van der Waals surface area contributed by atoms with Crippen LogP contribution in [0.4, 0.5) is 5.69 Å². The van der Waals surface area contributed by atoms with Gasteiger partial charge in [0.15, 0.2) is 0 Å². The van der Waals surface area contributed by atoms with Crippen LogP contribution < -0.4 is 16.3 Å². The molecule has 8 nitrogen and oxygen atoms in total. The Kier molecular flexibility index (Phi) is 5.70. The topological polar surface area (TPSA) is 98.3 Å². The van der Waals surface area contributed by atoms with Crippen LogP contribution in [0.2, 0.25) is 0 Å². The molecule has 2 aromatic heterocycles. The van der Waals surface area contributed by atoms with Gasteiger partial charge in [-0.05, 0) is 36.4 Å². The lowest BCUT2D eigenvalue weighted by molar-refractivity contribution is -0.116. The molecule has 0 spiro atoms. The van der Waals surface area contributed by atoms with Gasteiger partial charge in [0, 0.05) is 20.0 Å². The summed E-state index contributed by atoms with van der Waals surface area (Å²) in [7, 11) is 1.71. The summed E-state index contributed by atoms with van der Waals surface area (Å²) in [5.41, 5.74) is 2.18. The van der Waals surface area contributed by atoms with Crippen LogP contribution in [-0.2, 0) is 24.9 Å².